The first kappa shape index (κ1) is 51.9. The maximum absolute atomic E-state index is 12.3. The van der Waals surface area contributed by atoms with Crippen molar-refractivity contribution in [2.75, 3.05) is 26.4 Å². The minimum absolute atomic E-state index is 0.163. The van der Waals surface area contributed by atoms with Gasteiger partial charge in [-0.2, -0.15) is 0 Å². The van der Waals surface area contributed by atoms with E-state index in [1.54, 1.807) is 0 Å². The van der Waals surface area contributed by atoms with E-state index in [-0.39, 0.29) is 12.8 Å². The van der Waals surface area contributed by atoms with E-state index in [1.807, 2.05) is 0 Å². The zero-order chi connectivity index (χ0) is 39.8. The summed E-state index contributed by atoms with van der Waals surface area (Å²) in [5.41, 5.74) is 0. The molecule has 0 heterocycles. The van der Waals surface area contributed by atoms with Crippen LogP contribution in [0.1, 0.15) is 174 Å². The van der Waals surface area contributed by atoms with Gasteiger partial charge in [-0.25, -0.2) is 4.57 Å². The Bertz CT molecular complexity index is 1040. The summed E-state index contributed by atoms with van der Waals surface area (Å²) in [5, 5.41) is 19.1. The summed E-state index contributed by atoms with van der Waals surface area (Å²) >= 11 is 0. The number of aliphatic hydroxyl groups excluding tert-OH is 2. The third-order valence-electron chi connectivity index (χ3n) is 8.81. The molecule has 0 fully saturated rings. The highest BCUT2D eigenvalue weighted by Gasteiger charge is 2.27. The number of hydrogen-bond donors (Lipinski definition) is 3. The molecule has 0 spiro atoms. The van der Waals surface area contributed by atoms with Gasteiger partial charge in [0.2, 0.25) is 0 Å². The lowest BCUT2D eigenvalue weighted by Gasteiger charge is -2.20. The maximum Gasteiger partial charge on any atom is 0.472 e. The fourth-order valence-electron chi connectivity index (χ4n) is 5.58. The standard InChI is InChI=1S/C43H77O10P/c1-3-5-7-9-11-13-15-17-19-20-21-23-25-27-29-31-33-35-43(47)53-41(37-45)39-51-54(48,49)50-38-40(36-44)52-42(46)34-32-30-28-26-24-22-18-16-14-12-10-8-6-4-2/h5,7,11,13,17,19,21,23,40-41,44-45H,3-4,6,8-10,12,14-16,18,20,22,24-39H2,1-2H3,(H,48,49)/b7-5-,13-11-,19-17-,23-21-. The zero-order valence-electron chi connectivity index (χ0n) is 33.9. The van der Waals surface area contributed by atoms with Crippen molar-refractivity contribution in [1.82, 2.24) is 0 Å². The molecule has 0 aromatic carbocycles. The Morgan fingerprint density at radius 1 is 0.519 bits per heavy atom. The number of ether oxygens (including phenoxy) is 2. The molecule has 3 N–H and O–H groups in total. The second-order valence-electron chi connectivity index (χ2n) is 13.9. The van der Waals surface area contributed by atoms with Gasteiger partial charge in [-0.3, -0.25) is 18.6 Å². The van der Waals surface area contributed by atoms with Crippen molar-refractivity contribution in [2.45, 2.75) is 187 Å². The molecule has 0 aromatic rings. The molecule has 0 saturated carbocycles. The highest BCUT2D eigenvalue weighted by atomic mass is 31.2. The highest BCUT2D eigenvalue weighted by Crippen LogP contribution is 2.43. The smallest absolute Gasteiger partial charge is 0.457 e. The second-order valence-corrected chi connectivity index (χ2v) is 15.4. The van der Waals surface area contributed by atoms with E-state index in [2.05, 4.69) is 62.5 Å². The van der Waals surface area contributed by atoms with Crippen molar-refractivity contribution in [2.24, 2.45) is 0 Å². The first-order valence-electron chi connectivity index (χ1n) is 21.1. The van der Waals surface area contributed by atoms with E-state index in [4.69, 9.17) is 18.5 Å². The Balaban J connectivity index is 3.98. The SMILES string of the molecule is CC/C=C\C/C=C\C/C=C\C/C=C\CCCCCCC(=O)OC(CO)COP(=O)(O)OCC(CO)OC(=O)CCCCCCCCCCCCCCCC. The molecule has 11 heteroatoms. The van der Waals surface area contributed by atoms with E-state index in [0.717, 1.165) is 70.6 Å². The Labute approximate surface area is 328 Å². The van der Waals surface area contributed by atoms with Crippen LogP contribution < -0.4 is 0 Å². The minimum Gasteiger partial charge on any atom is -0.457 e. The number of phosphoric ester groups is 1. The van der Waals surface area contributed by atoms with Crippen molar-refractivity contribution in [1.29, 1.82) is 0 Å². The summed E-state index contributed by atoms with van der Waals surface area (Å²) < 4.78 is 32.5. The van der Waals surface area contributed by atoms with Crippen LogP contribution >= 0.6 is 7.82 Å². The first-order chi connectivity index (χ1) is 26.3. The molecule has 0 aliphatic heterocycles. The van der Waals surface area contributed by atoms with Gasteiger partial charge in [0.1, 0.15) is 12.2 Å². The highest BCUT2D eigenvalue weighted by molar-refractivity contribution is 7.47. The molecular weight excluding hydrogens is 707 g/mol. The molecule has 0 bridgehead atoms. The lowest BCUT2D eigenvalue weighted by molar-refractivity contribution is -0.153. The van der Waals surface area contributed by atoms with E-state index < -0.39 is 58.4 Å². The number of aliphatic hydroxyl groups is 2. The predicted molar refractivity (Wildman–Crippen MR) is 219 cm³/mol. The van der Waals surface area contributed by atoms with E-state index in [9.17, 15) is 29.3 Å². The van der Waals surface area contributed by atoms with Gasteiger partial charge in [0.25, 0.3) is 0 Å². The van der Waals surface area contributed by atoms with Crippen LogP contribution in [0, 0.1) is 0 Å². The van der Waals surface area contributed by atoms with Crippen LogP contribution in [0.4, 0.5) is 0 Å². The number of hydrogen-bond acceptors (Lipinski definition) is 9. The van der Waals surface area contributed by atoms with Crippen LogP contribution in [0.15, 0.2) is 48.6 Å². The number of rotatable bonds is 39. The molecule has 0 amide bonds. The Hall–Kier alpha value is -2.07. The number of carbonyl (C=O) groups is 2. The van der Waals surface area contributed by atoms with Gasteiger partial charge in [-0.05, 0) is 51.4 Å². The summed E-state index contributed by atoms with van der Waals surface area (Å²) in [5.74, 6) is -1.04. The monoisotopic (exact) mass is 785 g/mol. The van der Waals surface area contributed by atoms with Crippen molar-refractivity contribution in [3.05, 3.63) is 48.6 Å². The summed E-state index contributed by atoms with van der Waals surface area (Å²) in [7, 11) is -4.64. The van der Waals surface area contributed by atoms with Gasteiger partial charge in [0, 0.05) is 12.8 Å². The molecule has 10 nitrogen and oxygen atoms in total. The van der Waals surface area contributed by atoms with Gasteiger partial charge in [0.05, 0.1) is 26.4 Å². The zero-order valence-corrected chi connectivity index (χ0v) is 34.8. The van der Waals surface area contributed by atoms with Crippen molar-refractivity contribution in [3.63, 3.8) is 0 Å². The summed E-state index contributed by atoms with van der Waals surface area (Å²) in [4.78, 5) is 34.5. The van der Waals surface area contributed by atoms with E-state index >= 15 is 0 Å². The molecule has 54 heavy (non-hydrogen) atoms. The summed E-state index contributed by atoms with van der Waals surface area (Å²) in [6.45, 7) is 2.06. The van der Waals surface area contributed by atoms with E-state index in [1.165, 1.54) is 64.2 Å². The molecule has 0 radical (unpaired) electrons. The molecule has 0 aromatic heterocycles. The lowest BCUT2D eigenvalue weighted by Crippen LogP contribution is -2.28. The van der Waals surface area contributed by atoms with Crippen molar-refractivity contribution >= 4 is 19.8 Å². The fraction of sp³-hybridized carbons (Fsp3) is 0.767. The average Bonchev–Trinajstić information content (AvgIpc) is 3.16. The Morgan fingerprint density at radius 3 is 1.26 bits per heavy atom. The summed E-state index contributed by atoms with van der Waals surface area (Å²) in [6, 6.07) is 0. The van der Waals surface area contributed by atoms with Crippen LogP contribution in [0.3, 0.4) is 0 Å². The number of unbranched alkanes of at least 4 members (excludes halogenated alkanes) is 17. The Kier molecular flexibility index (Phi) is 37.7. The van der Waals surface area contributed by atoms with Crippen molar-refractivity contribution in [3.8, 4) is 0 Å². The van der Waals surface area contributed by atoms with Crippen LogP contribution in [-0.4, -0.2) is 65.7 Å². The number of phosphoric acid groups is 1. The normalized spacial score (nSPS) is 14.4. The van der Waals surface area contributed by atoms with Crippen molar-refractivity contribution < 1.29 is 47.8 Å². The maximum atomic E-state index is 12.3. The third kappa shape index (κ3) is 36.9. The lowest BCUT2D eigenvalue weighted by atomic mass is 10.0. The topological polar surface area (TPSA) is 149 Å². The van der Waals surface area contributed by atoms with Crippen LogP contribution in [0.5, 0.6) is 0 Å². The Morgan fingerprint density at radius 2 is 0.870 bits per heavy atom. The molecule has 0 saturated heterocycles. The number of carbonyl (C=O) groups excluding carboxylic acids is 2. The molecular formula is C43H77O10P. The average molecular weight is 785 g/mol. The minimum atomic E-state index is -4.64. The largest absolute Gasteiger partial charge is 0.472 e. The molecule has 0 rings (SSSR count). The van der Waals surface area contributed by atoms with Gasteiger partial charge < -0.3 is 24.6 Å². The summed E-state index contributed by atoms with van der Waals surface area (Å²) in [6.07, 6.45) is 40.8. The molecule has 0 aliphatic carbocycles. The molecule has 3 atom stereocenters. The fourth-order valence-corrected chi connectivity index (χ4v) is 6.36. The first-order valence-corrected chi connectivity index (χ1v) is 22.6. The van der Waals surface area contributed by atoms with Crippen LogP contribution in [0.25, 0.3) is 0 Å². The van der Waals surface area contributed by atoms with Gasteiger partial charge in [0.15, 0.2) is 0 Å². The second kappa shape index (κ2) is 39.2. The molecule has 0 aliphatic rings. The molecule has 314 valence electrons. The van der Waals surface area contributed by atoms with Crippen LogP contribution in [0.2, 0.25) is 0 Å². The van der Waals surface area contributed by atoms with E-state index in [0.29, 0.717) is 12.8 Å². The van der Waals surface area contributed by atoms with Gasteiger partial charge >= 0.3 is 19.8 Å². The predicted octanol–water partition coefficient (Wildman–Crippen LogP) is 10.9. The number of esters is 2. The third-order valence-corrected chi connectivity index (χ3v) is 9.76. The van der Waals surface area contributed by atoms with Gasteiger partial charge in [-0.1, -0.05) is 159 Å². The van der Waals surface area contributed by atoms with Gasteiger partial charge in [-0.15, -0.1) is 0 Å². The quantitative estimate of drug-likeness (QED) is 0.0238. The molecule has 3 unspecified atom stereocenters. The van der Waals surface area contributed by atoms with Crippen LogP contribution in [-0.2, 0) is 32.7 Å². The number of allylic oxidation sites excluding steroid dienone is 8.